The number of nitrogens with zero attached hydrogens (tertiary/aromatic N) is 1. The van der Waals surface area contributed by atoms with Crippen molar-refractivity contribution in [3.63, 3.8) is 0 Å². The molecule has 1 aliphatic heterocycles. The molecule has 2 heterocycles. The summed E-state index contributed by atoms with van der Waals surface area (Å²) in [5.74, 6) is 0.249. The number of carbonyl (C=O) groups excluding carboxylic acids is 2. The van der Waals surface area contributed by atoms with Crippen molar-refractivity contribution in [3.05, 3.63) is 22.4 Å². The summed E-state index contributed by atoms with van der Waals surface area (Å²) < 4.78 is 0. The lowest BCUT2D eigenvalue weighted by molar-refractivity contribution is -0.138. The Bertz CT molecular complexity index is 470. The fourth-order valence-electron chi connectivity index (χ4n) is 2.56. The van der Waals surface area contributed by atoms with Gasteiger partial charge in [-0.25, -0.2) is 0 Å². The average Bonchev–Trinajstić information content (AvgIpc) is 3.00. The summed E-state index contributed by atoms with van der Waals surface area (Å²) in [4.78, 5) is 26.8. The van der Waals surface area contributed by atoms with Crippen LogP contribution in [-0.2, 0) is 9.59 Å². The summed E-state index contributed by atoms with van der Waals surface area (Å²) in [5.41, 5.74) is 0. The fraction of sp³-hybridized carbons (Fsp3) is 0.600. The Morgan fingerprint density at radius 2 is 2.20 bits per heavy atom. The lowest BCUT2D eigenvalue weighted by Gasteiger charge is -2.24. The third kappa shape index (κ3) is 3.10. The molecule has 2 atom stereocenters. The second-order valence-electron chi connectivity index (χ2n) is 5.54. The van der Waals surface area contributed by atoms with Crippen molar-refractivity contribution in [2.45, 2.75) is 45.7 Å². The van der Waals surface area contributed by atoms with E-state index < -0.39 is 0 Å². The number of rotatable bonds is 6. The first kappa shape index (κ1) is 15.2. The second-order valence-corrected chi connectivity index (χ2v) is 6.52. The largest absolute Gasteiger partial charge is 0.297 e. The molecule has 1 fully saturated rings. The number of imide groups is 1. The van der Waals surface area contributed by atoms with E-state index in [9.17, 15) is 9.59 Å². The van der Waals surface area contributed by atoms with Gasteiger partial charge in [-0.3, -0.25) is 19.8 Å². The van der Waals surface area contributed by atoms with Gasteiger partial charge in [-0.05, 0) is 23.8 Å². The maximum Gasteiger partial charge on any atom is 0.246 e. The van der Waals surface area contributed by atoms with Crippen LogP contribution in [0.5, 0.6) is 0 Å². The molecule has 2 rings (SSSR count). The van der Waals surface area contributed by atoms with Crippen molar-refractivity contribution in [1.29, 1.82) is 0 Å². The highest BCUT2D eigenvalue weighted by Crippen LogP contribution is 2.28. The van der Waals surface area contributed by atoms with E-state index >= 15 is 0 Å². The molecule has 4 nitrogen and oxygen atoms in total. The highest BCUT2D eigenvalue weighted by atomic mass is 32.1. The van der Waals surface area contributed by atoms with Gasteiger partial charge in [-0.1, -0.05) is 26.8 Å². The molecule has 1 N–H and O–H groups in total. The molecule has 1 aromatic heterocycles. The Morgan fingerprint density at radius 3 is 2.75 bits per heavy atom. The number of likely N-dealkylation sites (tertiary alicyclic amines) is 1. The minimum Gasteiger partial charge on any atom is -0.297 e. The van der Waals surface area contributed by atoms with Crippen molar-refractivity contribution in [2.24, 2.45) is 5.92 Å². The van der Waals surface area contributed by atoms with Crippen LogP contribution in [0.1, 0.15) is 44.5 Å². The molecular weight excluding hydrogens is 272 g/mol. The van der Waals surface area contributed by atoms with E-state index in [-0.39, 0.29) is 30.3 Å². The molecule has 0 saturated carbocycles. The maximum absolute atomic E-state index is 12.3. The summed E-state index contributed by atoms with van der Waals surface area (Å²) in [6, 6.07) is 3.84. The Hall–Kier alpha value is -1.20. The van der Waals surface area contributed by atoms with E-state index in [1.165, 1.54) is 9.78 Å². The van der Waals surface area contributed by atoms with Crippen LogP contribution in [0, 0.1) is 5.92 Å². The van der Waals surface area contributed by atoms with Gasteiger partial charge in [-0.2, -0.15) is 0 Å². The number of thiophene rings is 1. The smallest absolute Gasteiger partial charge is 0.246 e. The minimum absolute atomic E-state index is 0.0527. The fourth-order valence-corrected chi connectivity index (χ4v) is 3.52. The van der Waals surface area contributed by atoms with Crippen molar-refractivity contribution in [2.75, 3.05) is 6.54 Å². The summed E-state index contributed by atoms with van der Waals surface area (Å²) in [6.07, 6.45) is 1.09. The molecule has 1 aliphatic rings. The molecule has 2 amide bonds. The lowest BCUT2D eigenvalue weighted by Crippen LogP contribution is -2.41. The van der Waals surface area contributed by atoms with Gasteiger partial charge in [-0.15, -0.1) is 11.3 Å². The molecule has 0 aromatic carbocycles. The Labute approximate surface area is 124 Å². The second kappa shape index (κ2) is 6.50. The monoisotopic (exact) mass is 294 g/mol. The van der Waals surface area contributed by atoms with Gasteiger partial charge in [0.25, 0.3) is 0 Å². The molecule has 0 aliphatic carbocycles. The van der Waals surface area contributed by atoms with E-state index in [0.717, 1.165) is 6.42 Å². The molecule has 1 saturated heterocycles. The first-order valence-electron chi connectivity index (χ1n) is 7.18. The standard InChI is InChI=1S/C15H22N2O2S/c1-4-7-17-13(18)9-11(15(17)19)16-14(10(2)3)12-6-5-8-20-12/h5-6,8,10-11,14,16H,4,7,9H2,1-3H3. The highest BCUT2D eigenvalue weighted by Gasteiger charge is 2.39. The number of hydrogen-bond acceptors (Lipinski definition) is 4. The van der Waals surface area contributed by atoms with Crippen molar-refractivity contribution < 1.29 is 9.59 Å². The van der Waals surface area contributed by atoms with Gasteiger partial charge < -0.3 is 0 Å². The molecular formula is C15H22N2O2S. The lowest BCUT2D eigenvalue weighted by atomic mass is 10.0. The number of hydrogen-bond donors (Lipinski definition) is 1. The SMILES string of the molecule is CCCN1C(=O)CC(NC(c2cccs2)C(C)C)C1=O. The number of nitrogens with one attached hydrogen (secondary N) is 1. The molecule has 0 bridgehead atoms. The van der Waals surface area contributed by atoms with Crippen LogP contribution in [0.15, 0.2) is 17.5 Å². The minimum atomic E-state index is -0.372. The third-order valence-corrected chi connectivity index (χ3v) is 4.54. The van der Waals surface area contributed by atoms with Crippen LogP contribution in [0.2, 0.25) is 0 Å². The zero-order valence-electron chi connectivity index (χ0n) is 12.3. The molecule has 20 heavy (non-hydrogen) atoms. The molecule has 110 valence electrons. The number of carbonyl (C=O) groups is 2. The third-order valence-electron chi connectivity index (χ3n) is 3.59. The summed E-state index contributed by atoms with van der Waals surface area (Å²) >= 11 is 1.68. The first-order valence-corrected chi connectivity index (χ1v) is 8.06. The maximum atomic E-state index is 12.3. The zero-order chi connectivity index (χ0) is 14.7. The van der Waals surface area contributed by atoms with Gasteiger partial charge in [0.1, 0.15) is 0 Å². The van der Waals surface area contributed by atoms with Crippen LogP contribution in [0.25, 0.3) is 0 Å². The Kier molecular flexibility index (Phi) is 4.94. The van der Waals surface area contributed by atoms with Crippen molar-refractivity contribution in [3.8, 4) is 0 Å². The average molecular weight is 294 g/mol. The summed E-state index contributed by atoms with van der Waals surface area (Å²) in [7, 11) is 0. The van der Waals surface area contributed by atoms with Gasteiger partial charge >= 0.3 is 0 Å². The molecule has 1 aromatic rings. The highest BCUT2D eigenvalue weighted by molar-refractivity contribution is 7.10. The Balaban J connectivity index is 2.09. The summed E-state index contributed by atoms with van der Waals surface area (Å²) in [6.45, 7) is 6.76. The number of amides is 2. The molecule has 0 radical (unpaired) electrons. The van der Waals surface area contributed by atoms with E-state index in [4.69, 9.17) is 0 Å². The van der Waals surface area contributed by atoms with E-state index in [0.29, 0.717) is 12.5 Å². The Morgan fingerprint density at radius 1 is 1.45 bits per heavy atom. The molecule has 5 heteroatoms. The van der Waals surface area contributed by atoms with Crippen LogP contribution >= 0.6 is 11.3 Å². The van der Waals surface area contributed by atoms with Gasteiger partial charge in [0.15, 0.2) is 0 Å². The van der Waals surface area contributed by atoms with Crippen LogP contribution in [0.4, 0.5) is 0 Å². The van der Waals surface area contributed by atoms with E-state index in [1.807, 2.05) is 18.4 Å². The zero-order valence-corrected chi connectivity index (χ0v) is 13.1. The van der Waals surface area contributed by atoms with Gasteiger partial charge in [0.2, 0.25) is 11.8 Å². The topological polar surface area (TPSA) is 49.4 Å². The first-order chi connectivity index (χ1) is 9.54. The molecule has 2 unspecified atom stereocenters. The van der Waals surface area contributed by atoms with Gasteiger partial charge in [0.05, 0.1) is 12.5 Å². The van der Waals surface area contributed by atoms with Crippen LogP contribution in [0.3, 0.4) is 0 Å². The van der Waals surface area contributed by atoms with Crippen molar-refractivity contribution in [1.82, 2.24) is 10.2 Å². The predicted molar refractivity (Wildman–Crippen MR) is 80.4 cm³/mol. The molecule has 0 spiro atoms. The summed E-state index contributed by atoms with van der Waals surface area (Å²) in [5, 5.41) is 5.42. The van der Waals surface area contributed by atoms with Crippen LogP contribution in [-0.4, -0.2) is 29.3 Å². The van der Waals surface area contributed by atoms with Crippen molar-refractivity contribution >= 4 is 23.2 Å². The van der Waals surface area contributed by atoms with Crippen LogP contribution < -0.4 is 5.32 Å². The van der Waals surface area contributed by atoms with Gasteiger partial charge in [0, 0.05) is 17.5 Å². The quantitative estimate of drug-likeness (QED) is 0.820. The van der Waals surface area contributed by atoms with E-state index in [1.54, 1.807) is 11.3 Å². The predicted octanol–water partition coefficient (Wildman–Crippen LogP) is 2.57. The normalized spacial score (nSPS) is 21.0. The van der Waals surface area contributed by atoms with E-state index in [2.05, 4.69) is 25.2 Å².